The maximum absolute atomic E-state index is 13.7. The first-order chi connectivity index (χ1) is 20.6. The Balaban J connectivity index is 1.23. The first kappa shape index (κ1) is 27.6. The molecule has 1 amide bonds. The van der Waals surface area contributed by atoms with Crippen LogP contribution < -0.4 is 9.64 Å². The van der Waals surface area contributed by atoms with Crippen molar-refractivity contribution in [3.63, 3.8) is 0 Å². The SMILES string of the molecule is [C-]#[N+]c1ccccc1/N=C1\O/C(=C/c2cc3c4c(c2)CCCN4CCC3)C(=O)N1CCCCc1ccc(OCC)cc1. The molecule has 3 aromatic rings. The smallest absolute Gasteiger partial charge is 0.304 e. The predicted molar refractivity (Wildman–Crippen MR) is 166 cm³/mol. The number of amidine groups is 1. The molecule has 0 spiro atoms. The lowest BCUT2D eigenvalue weighted by molar-refractivity contribution is -0.122. The molecule has 1 saturated heterocycles. The third kappa shape index (κ3) is 5.89. The summed E-state index contributed by atoms with van der Waals surface area (Å²) in [5.74, 6) is 0.959. The number of rotatable bonds is 9. The summed E-state index contributed by atoms with van der Waals surface area (Å²) in [4.78, 5) is 26.1. The van der Waals surface area contributed by atoms with Gasteiger partial charge in [-0.25, -0.2) is 9.84 Å². The molecule has 214 valence electrons. The average Bonchev–Trinajstić information content (AvgIpc) is 3.29. The second kappa shape index (κ2) is 12.5. The van der Waals surface area contributed by atoms with Gasteiger partial charge in [-0.2, -0.15) is 0 Å². The largest absolute Gasteiger partial charge is 0.494 e. The molecule has 3 aromatic carbocycles. The van der Waals surface area contributed by atoms with Crippen LogP contribution in [0.3, 0.4) is 0 Å². The van der Waals surface area contributed by atoms with Gasteiger partial charge in [0.1, 0.15) is 5.75 Å². The Morgan fingerprint density at radius 1 is 1.02 bits per heavy atom. The Morgan fingerprint density at radius 3 is 2.48 bits per heavy atom. The zero-order valence-corrected chi connectivity index (χ0v) is 24.1. The number of hydrogen-bond acceptors (Lipinski definition) is 5. The lowest BCUT2D eigenvalue weighted by Crippen LogP contribution is -2.34. The Morgan fingerprint density at radius 2 is 1.76 bits per heavy atom. The minimum Gasteiger partial charge on any atom is -0.494 e. The number of unbranched alkanes of at least 4 members (excludes halogenated alkanes) is 1. The van der Waals surface area contributed by atoms with Gasteiger partial charge < -0.3 is 14.4 Å². The second-order valence-electron chi connectivity index (χ2n) is 11.0. The molecule has 3 aliphatic rings. The second-order valence-corrected chi connectivity index (χ2v) is 11.0. The van der Waals surface area contributed by atoms with Crippen LogP contribution in [-0.4, -0.2) is 43.1 Å². The van der Waals surface area contributed by atoms with Crippen LogP contribution in [0.15, 0.2) is 71.4 Å². The van der Waals surface area contributed by atoms with E-state index in [4.69, 9.17) is 16.0 Å². The summed E-state index contributed by atoms with van der Waals surface area (Å²) in [6.07, 6.45) is 8.90. The first-order valence-corrected chi connectivity index (χ1v) is 15.0. The van der Waals surface area contributed by atoms with Crippen molar-refractivity contribution in [3.8, 4) is 5.75 Å². The summed E-state index contributed by atoms with van der Waals surface area (Å²) in [6, 6.07) is 20.0. The summed E-state index contributed by atoms with van der Waals surface area (Å²) in [6.45, 7) is 12.9. The van der Waals surface area contributed by atoms with Crippen LogP contribution >= 0.6 is 0 Å². The van der Waals surface area contributed by atoms with E-state index in [2.05, 4.69) is 39.0 Å². The summed E-state index contributed by atoms with van der Waals surface area (Å²) >= 11 is 0. The highest BCUT2D eigenvalue weighted by atomic mass is 16.5. The highest BCUT2D eigenvalue weighted by Crippen LogP contribution is 2.37. The van der Waals surface area contributed by atoms with E-state index in [0.29, 0.717) is 24.5 Å². The van der Waals surface area contributed by atoms with Gasteiger partial charge in [0.2, 0.25) is 5.69 Å². The fraction of sp³-hybridized carbons (Fsp3) is 0.343. The van der Waals surface area contributed by atoms with Crippen LogP contribution in [0.2, 0.25) is 0 Å². The first-order valence-electron chi connectivity index (χ1n) is 15.0. The van der Waals surface area contributed by atoms with Crippen LogP contribution in [0.25, 0.3) is 10.9 Å². The minimum absolute atomic E-state index is 0.192. The van der Waals surface area contributed by atoms with E-state index in [-0.39, 0.29) is 17.7 Å². The predicted octanol–water partition coefficient (Wildman–Crippen LogP) is 7.25. The van der Waals surface area contributed by atoms with Gasteiger partial charge in [0.15, 0.2) is 5.76 Å². The number of para-hydroxylation sites is 2. The molecule has 3 heterocycles. The fourth-order valence-corrected chi connectivity index (χ4v) is 6.13. The molecule has 0 radical (unpaired) electrons. The van der Waals surface area contributed by atoms with Crippen LogP contribution in [0.5, 0.6) is 5.75 Å². The van der Waals surface area contributed by atoms with Crippen LogP contribution in [-0.2, 0) is 28.8 Å². The van der Waals surface area contributed by atoms with Gasteiger partial charge in [0.05, 0.1) is 18.9 Å². The van der Waals surface area contributed by atoms with Crippen LogP contribution in [0, 0.1) is 6.57 Å². The normalized spacial score (nSPS) is 17.8. The lowest BCUT2D eigenvalue weighted by atomic mass is 9.90. The zero-order chi connectivity index (χ0) is 28.9. The number of nitrogens with zero attached hydrogens (tertiary/aromatic N) is 4. The van der Waals surface area contributed by atoms with Crippen molar-refractivity contribution in [1.82, 2.24) is 4.90 Å². The number of amides is 1. The Bertz CT molecular complexity index is 1540. The number of aliphatic imine (C=N–C) groups is 1. The van der Waals surface area contributed by atoms with Crippen molar-refractivity contribution in [2.24, 2.45) is 4.99 Å². The molecule has 0 saturated carbocycles. The standard InChI is InChI=1S/C35H36N4O3/c1-3-41-29-17-15-25(16-18-29)10-6-7-21-39-34(40)32(42-35(39)37-31-14-5-4-13-30(31)36-2)24-26-22-27-11-8-19-38-20-9-12-28(23-26)33(27)38/h4-5,13-18,22-24H,3,6-12,19-21H2,1H3/b32-24+,37-35-. The number of benzene rings is 3. The van der Waals surface area contributed by atoms with E-state index in [1.165, 1.54) is 22.4 Å². The van der Waals surface area contributed by atoms with Crippen molar-refractivity contribution < 1.29 is 14.3 Å². The number of aryl methyl sites for hydroxylation is 3. The molecule has 0 bridgehead atoms. The maximum atomic E-state index is 13.7. The fourth-order valence-electron chi connectivity index (χ4n) is 6.13. The molecular formula is C35H36N4O3. The summed E-state index contributed by atoms with van der Waals surface area (Å²) in [5.41, 5.74) is 7.28. The highest BCUT2D eigenvalue weighted by Gasteiger charge is 2.35. The molecule has 7 heteroatoms. The van der Waals surface area contributed by atoms with Gasteiger partial charge in [0, 0.05) is 25.3 Å². The number of carbonyl (C=O) groups is 1. The third-order valence-corrected chi connectivity index (χ3v) is 8.09. The Labute approximate surface area is 247 Å². The van der Waals surface area contributed by atoms with E-state index in [9.17, 15) is 4.79 Å². The number of carbonyl (C=O) groups excluding carboxylic acids is 1. The van der Waals surface area contributed by atoms with Gasteiger partial charge in [-0.1, -0.05) is 30.3 Å². The Kier molecular flexibility index (Phi) is 8.23. The van der Waals surface area contributed by atoms with Gasteiger partial charge in [0.25, 0.3) is 5.91 Å². The van der Waals surface area contributed by atoms with Gasteiger partial charge in [-0.05, 0) is 111 Å². The zero-order valence-electron chi connectivity index (χ0n) is 24.1. The molecule has 0 unspecified atom stereocenters. The van der Waals surface area contributed by atoms with Crippen molar-refractivity contribution in [2.45, 2.75) is 51.9 Å². The van der Waals surface area contributed by atoms with E-state index < -0.39 is 0 Å². The number of ether oxygens (including phenoxy) is 2. The molecule has 0 atom stereocenters. The summed E-state index contributed by atoms with van der Waals surface area (Å²) in [5, 5.41) is 0. The lowest BCUT2D eigenvalue weighted by Gasteiger charge is -2.37. The molecule has 7 nitrogen and oxygen atoms in total. The summed E-state index contributed by atoms with van der Waals surface area (Å²) in [7, 11) is 0. The van der Waals surface area contributed by atoms with E-state index in [1.807, 2.05) is 37.3 Å². The van der Waals surface area contributed by atoms with Crippen molar-refractivity contribution in [2.75, 3.05) is 31.1 Å². The highest BCUT2D eigenvalue weighted by molar-refractivity contribution is 6.12. The molecule has 0 N–H and O–H groups in total. The maximum Gasteiger partial charge on any atom is 0.304 e. The molecule has 3 aliphatic heterocycles. The van der Waals surface area contributed by atoms with Crippen molar-refractivity contribution in [3.05, 3.63) is 100 Å². The van der Waals surface area contributed by atoms with Crippen molar-refractivity contribution in [1.29, 1.82) is 0 Å². The van der Waals surface area contributed by atoms with E-state index >= 15 is 0 Å². The molecular weight excluding hydrogens is 524 g/mol. The van der Waals surface area contributed by atoms with Crippen molar-refractivity contribution >= 4 is 35.1 Å². The van der Waals surface area contributed by atoms with Crippen LogP contribution in [0.4, 0.5) is 17.1 Å². The Hall–Kier alpha value is -4.57. The molecule has 42 heavy (non-hydrogen) atoms. The van der Waals surface area contributed by atoms with E-state index in [1.54, 1.807) is 17.0 Å². The molecule has 0 aliphatic carbocycles. The topological polar surface area (TPSA) is 58.7 Å². The monoisotopic (exact) mass is 560 g/mol. The average molecular weight is 561 g/mol. The molecule has 1 fully saturated rings. The third-order valence-electron chi connectivity index (χ3n) is 8.09. The van der Waals surface area contributed by atoms with E-state index in [0.717, 1.165) is 69.3 Å². The molecule has 0 aromatic heterocycles. The number of anilines is 1. The number of hydrogen-bond donors (Lipinski definition) is 0. The van der Waals surface area contributed by atoms with Gasteiger partial charge in [-0.3, -0.25) is 9.69 Å². The van der Waals surface area contributed by atoms with Gasteiger partial charge in [-0.15, -0.1) is 0 Å². The quantitative estimate of drug-likeness (QED) is 0.157. The summed E-state index contributed by atoms with van der Waals surface area (Å²) < 4.78 is 11.7. The van der Waals surface area contributed by atoms with Gasteiger partial charge >= 0.3 is 6.02 Å². The minimum atomic E-state index is -0.192. The molecule has 6 rings (SSSR count). The van der Waals surface area contributed by atoms with Crippen LogP contribution in [0.1, 0.15) is 54.9 Å².